The van der Waals surface area contributed by atoms with Crippen LogP contribution in [0.2, 0.25) is 0 Å². The molecule has 2 aliphatic rings. The second-order valence-electron chi connectivity index (χ2n) is 4.63. The fraction of sp³-hybridized carbons (Fsp3) is 1.00. The summed E-state index contributed by atoms with van der Waals surface area (Å²) >= 11 is 0. The minimum absolute atomic E-state index is 0.252. The maximum absolute atomic E-state index is 9.68. The van der Waals surface area contributed by atoms with Crippen molar-refractivity contribution < 1.29 is 44.8 Å². The van der Waals surface area contributed by atoms with Gasteiger partial charge >= 0.3 is 0 Å². The second kappa shape index (κ2) is 5.95. The van der Waals surface area contributed by atoms with Crippen molar-refractivity contribution in [2.45, 2.75) is 49.2 Å². The summed E-state index contributed by atoms with van der Waals surface area (Å²) in [6.45, 7) is -0.525. The lowest BCUT2D eigenvalue weighted by molar-refractivity contribution is -0.336. The quantitative estimate of drug-likeness (QED) is 0.297. The summed E-state index contributed by atoms with van der Waals surface area (Å²) in [6, 6.07) is 0. The van der Waals surface area contributed by atoms with E-state index in [1.54, 1.807) is 0 Å². The smallest absolute Gasteiger partial charge is 0.186 e. The molecule has 2 aliphatic heterocycles. The van der Waals surface area contributed by atoms with Crippen LogP contribution in [0, 0.1) is 0 Å². The number of rotatable bonds is 2. The average molecular weight is 282 g/mol. The molecular weight excluding hydrogens is 264 g/mol. The first-order valence-corrected chi connectivity index (χ1v) is 5.89. The largest absolute Gasteiger partial charge is 0.388 e. The summed E-state index contributed by atoms with van der Waals surface area (Å²) in [6.07, 6.45) is -11.2. The van der Waals surface area contributed by atoms with Gasteiger partial charge in [-0.2, -0.15) is 0 Å². The maximum atomic E-state index is 9.68. The van der Waals surface area contributed by atoms with Crippen LogP contribution in [-0.2, 0) is 14.2 Å². The fourth-order valence-corrected chi connectivity index (χ4v) is 1.98. The zero-order valence-corrected chi connectivity index (χ0v) is 9.94. The van der Waals surface area contributed by atoms with Crippen LogP contribution < -0.4 is 0 Å². The van der Waals surface area contributed by atoms with Crippen molar-refractivity contribution in [1.82, 2.24) is 0 Å². The van der Waals surface area contributed by atoms with E-state index < -0.39 is 49.2 Å². The first-order valence-electron chi connectivity index (χ1n) is 5.89. The zero-order chi connectivity index (χ0) is 14.2. The molecule has 2 rings (SSSR count). The lowest BCUT2D eigenvalue weighted by Gasteiger charge is -2.41. The third-order valence-corrected chi connectivity index (χ3v) is 3.20. The standard InChI is InChI=1S/C10H18O9/c11-3-2-18-10(7(15)5(3)13)19-8-6(14)4(12)1-17-9(8)16/h3-16H,1-2H2/t3-,4-,5+,6+,7-,8-,9-,10+/m1/s1. The van der Waals surface area contributed by atoms with Gasteiger partial charge in [0.25, 0.3) is 0 Å². The molecule has 0 saturated carbocycles. The van der Waals surface area contributed by atoms with Crippen LogP contribution in [0.15, 0.2) is 0 Å². The number of aliphatic hydroxyl groups excluding tert-OH is 6. The number of hydrogen-bond donors (Lipinski definition) is 6. The third kappa shape index (κ3) is 3.05. The highest BCUT2D eigenvalue weighted by Gasteiger charge is 2.45. The summed E-state index contributed by atoms with van der Waals surface area (Å²) in [5.74, 6) is 0. The van der Waals surface area contributed by atoms with Gasteiger partial charge in [-0.15, -0.1) is 0 Å². The van der Waals surface area contributed by atoms with Crippen molar-refractivity contribution in [3.05, 3.63) is 0 Å². The van der Waals surface area contributed by atoms with Gasteiger partial charge < -0.3 is 44.8 Å². The van der Waals surface area contributed by atoms with Gasteiger partial charge in [-0.05, 0) is 0 Å². The van der Waals surface area contributed by atoms with Crippen molar-refractivity contribution in [2.75, 3.05) is 13.2 Å². The molecule has 112 valence electrons. The Morgan fingerprint density at radius 1 is 0.737 bits per heavy atom. The van der Waals surface area contributed by atoms with Gasteiger partial charge in [-0.1, -0.05) is 0 Å². The molecule has 2 fully saturated rings. The van der Waals surface area contributed by atoms with Gasteiger partial charge in [-0.25, -0.2) is 0 Å². The van der Waals surface area contributed by atoms with Crippen molar-refractivity contribution >= 4 is 0 Å². The topological polar surface area (TPSA) is 149 Å². The molecule has 0 aromatic rings. The second-order valence-corrected chi connectivity index (χ2v) is 4.63. The molecule has 2 heterocycles. The summed E-state index contributed by atoms with van der Waals surface area (Å²) in [5, 5.41) is 57.0. The van der Waals surface area contributed by atoms with Gasteiger partial charge in [0, 0.05) is 0 Å². The normalized spacial score (nSPS) is 52.1. The maximum Gasteiger partial charge on any atom is 0.186 e. The predicted octanol–water partition coefficient (Wildman–Crippen LogP) is -4.12. The molecule has 0 unspecified atom stereocenters. The molecule has 2 saturated heterocycles. The van der Waals surface area contributed by atoms with Crippen molar-refractivity contribution in [3.63, 3.8) is 0 Å². The van der Waals surface area contributed by atoms with Gasteiger partial charge in [0.1, 0.15) is 36.6 Å². The van der Waals surface area contributed by atoms with Gasteiger partial charge in [0.15, 0.2) is 12.6 Å². The van der Waals surface area contributed by atoms with Gasteiger partial charge in [-0.3, -0.25) is 0 Å². The molecule has 6 N–H and O–H groups in total. The molecular formula is C10H18O9. The zero-order valence-electron chi connectivity index (χ0n) is 9.94. The first kappa shape index (κ1) is 15.0. The molecule has 0 aromatic heterocycles. The number of aliphatic hydroxyl groups is 6. The molecule has 0 radical (unpaired) electrons. The minimum atomic E-state index is -1.55. The molecule has 9 heteroatoms. The average Bonchev–Trinajstić information content (AvgIpc) is 2.39. The van der Waals surface area contributed by atoms with Crippen LogP contribution in [0.4, 0.5) is 0 Å². The van der Waals surface area contributed by atoms with Gasteiger partial charge in [0.2, 0.25) is 0 Å². The predicted molar refractivity (Wildman–Crippen MR) is 56.6 cm³/mol. The van der Waals surface area contributed by atoms with E-state index in [0.29, 0.717) is 0 Å². The highest BCUT2D eigenvalue weighted by atomic mass is 16.7. The first-order chi connectivity index (χ1) is 8.91. The lowest BCUT2D eigenvalue weighted by Crippen LogP contribution is -2.60. The Labute approximate surface area is 108 Å². The third-order valence-electron chi connectivity index (χ3n) is 3.20. The van der Waals surface area contributed by atoms with Crippen molar-refractivity contribution in [2.24, 2.45) is 0 Å². The van der Waals surface area contributed by atoms with E-state index in [2.05, 4.69) is 0 Å². The van der Waals surface area contributed by atoms with Crippen LogP contribution >= 0.6 is 0 Å². The molecule has 0 bridgehead atoms. The molecule has 0 amide bonds. The Hall–Kier alpha value is -0.360. The van der Waals surface area contributed by atoms with Crippen LogP contribution in [-0.4, -0.2) is 93.1 Å². The van der Waals surface area contributed by atoms with Crippen LogP contribution in [0.3, 0.4) is 0 Å². The lowest BCUT2D eigenvalue weighted by atomic mass is 10.0. The molecule has 9 nitrogen and oxygen atoms in total. The molecule has 8 atom stereocenters. The van der Waals surface area contributed by atoms with E-state index in [0.717, 1.165) is 0 Å². The van der Waals surface area contributed by atoms with Crippen LogP contribution in [0.1, 0.15) is 0 Å². The summed E-state index contributed by atoms with van der Waals surface area (Å²) < 4.78 is 14.9. The van der Waals surface area contributed by atoms with E-state index in [1.165, 1.54) is 0 Å². The van der Waals surface area contributed by atoms with E-state index in [4.69, 9.17) is 14.2 Å². The number of hydrogen-bond acceptors (Lipinski definition) is 9. The van der Waals surface area contributed by atoms with Gasteiger partial charge in [0.05, 0.1) is 13.2 Å². The van der Waals surface area contributed by atoms with Crippen LogP contribution in [0.5, 0.6) is 0 Å². The van der Waals surface area contributed by atoms with E-state index in [1.807, 2.05) is 0 Å². The Balaban J connectivity index is 1.99. The highest BCUT2D eigenvalue weighted by molar-refractivity contribution is 4.87. The van der Waals surface area contributed by atoms with E-state index in [9.17, 15) is 30.6 Å². The summed E-state index contributed by atoms with van der Waals surface area (Å²) in [4.78, 5) is 0. The Morgan fingerprint density at radius 3 is 2.00 bits per heavy atom. The molecule has 19 heavy (non-hydrogen) atoms. The monoisotopic (exact) mass is 282 g/mol. The van der Waals surface area contributed by atoms with E-state index in [-0.39, 0.29) is 13.2 Å². The van der Waals surface area contributed by atoms with Crippen molar-refractivity contribution in [1.29, 1.82) is 0 Å². The molecule has 0 aliphatic carbocycles. The summed E-state index contributed by atoms with van der Waals surface area (Å²) in [5.41, 5.74) is 0. The molecule has 0 spiro atoms. The van der Waals surface area contributed by atoms with Crippen molar-refractivity contribution in [3.8, 4) is 0 Å². The number of ether oxygens (including phenoxy) is 3. The highest BCUT2D eigenvalue weighted by Crippen LogP contribution is 2.23. The van der Waals surface area contributed by atoms with E-state index >= 15 is 0 Å². The Kier molecular flexibility index (Phi) is 4.71. The van der Waals surface area contributed by atoms with Crippen LogP contribution in [0.25, 0.3) is 0 Å². The minimum Gasteiger partial charge on any atom is -0.388 e. The SMILES string of the molecule is O[C@@H]1[C@@H](O)[C@H](O[C@@H]2[C@@H](O)[C@H](O)CO[C@H]2O)OC[C@H]1O. The summed E-state index contributed by atoms with van der Waals surface area (Å²) in [7, 11) is 0. The Bertz CT molecular complexity index is 301. The fourth-order valence-electron chi connectivity index (χ4n) is 1.98. The Morgan fingerprint density at radius 2 is 1.32 bits per heavy atom. The molecule has 0 aromatic carbocycles.